The Balaban J connectivity index is 2.24. The Morgan fingerprint density at radius 1 is 1.43 bits per heavy atom. The van der Waals surface area contributed by atoms with Crippen molar-refractivity contribution < 1.29 is 4.79 Å². The molecule has 116 valence electrons. The van der Waals surface area contributed by atoms with Crippen LogP contribution in [0.3, 0.4) is 0 Å². The zero-order valence-corrected chi connectivity index (χ0v) is 12.5. The van der Waals surface area contributed by atoms with E-state index < -0.39 is 11.2 Å². The van der Waals surface area contributed by atoms with E-state index in [9.17, 15) is 14.4 Å². The molecule has 0 amide bonds. The van der Waals surface area contributed by atoms with Crippen LogP contribution in [0.15, 0.2) is 9.59 Å². The molecule has 0 atom stereocenters. The first-order chi connectivity index (χ1) is 9.93. The molecule has 7 heteroatoms. The van der Waals surface area contributed by atoms with Crippen LogP contribution in [0.2, 0.25) is 0 Å². The normalized spacial score (nSPS) is 14.6. The van der Waals surface area contributed by atoms with E-state index in [4.69, 9.17) is 5.73 Å². The Hall–Kier alpha value is -1.89. The van der Waals surface area contributed by atoms with E-state index >= 15 is 0 Å². The number of Topliss-reactive ketones (excluding diaryl/α,β-unsaturated/α-hetero) is 1. The highest BCUT2D eigenvalue weighted by molar-refractivity contribution is 6.01. The highest BCUT2D eigenvalue weighted by atomic mass is 16.2. The molecule has 0 spiro atoms. The molecule has 3 N–H and O–H groups in total. The number of carbonyl (C=O) groups is 1. The smallest absolute Gasteiger partial charge is 0.329 e. The molecule has 0 aliphatic heterocycles. The Labute approximate surface area is 122 Å². The molecule has 7 nitrogen and oxygen atoms in total. The van der Waals surface area contributed by atoms with Crippen molar-refractivity contribution in [3.8, 4) is 0 Å². The Morgan fingerprint density at radius 3 is 2.67 bits per heavy atom. The number of hydrogen-bond donors (Lipinski definition) is 2. The molecule has 2 rings (SSSR count). The SMILES string of the molecule is CCCn1c(N)c(C(=O)CN(C)CC2CC2)c(=O)[nH]c1=O. The number of anilines is 1. The van der Waals surface area contributed by atoms with E-state index in [2.05, 4.69) is 4.98 Å². The lowest BCUT2D eigenvalue weighted by Crippen LogP contribution is -2.38. The molecule has 0 radical (unpaired) electrons. The van der Waals surface area contributed by atoms with E-state index in [0.29, 0.717) is 18.9 Å². The fourth-order valence-electron chi connectivity index (χ4n) is 2.43. The van der Waals surface area contributed by atoms with Crippen molar-refractivity contribution in [2.24, 2.45) is 5.92 Å². The lowest BCUT2D eigenvalue weighted by molar-refractivity contribution is 0.0942. The molecular weight excluding hydrogens is 272 g/mol. The molecule has 1 fully saturated rings. The summed E-state index contributed by atoms with van der Waals surface area (Å²) in [5.41, 5.74) is 4.49. The molecule has 1 aliphatic carbocycles. The first-order valence-corrected chi connectivity index (χ1v) is 7.28. The van der Waals surface area contributed by atoms with Gasteiger partial charge < -0.3 is 5.73 Å². The Bertz CT molecular complexity index is 643. The average Bonchev–Trinajstić information content (AvgIpc) is 3.17. The van der Waals surface area contributed by atoms with Gasteiger partial charge in [-0.05, 0) is 32.2 Å². The van der Waals surface area contributed by atoms with Gasteiger partial charge in [0.15, 0.2) is 5.78 Å². The van der Waals surface area contributed by atoms with E-state index in [1.807, 2.05) is 18.9 Å². The van der Waals surface area contributed by atoms with Crippen molar-refractivity contribution in [1.82, 2.24) is 14.5 Å². The third kappa shape index (κ3) is 3.60. The summed E-state index contributed by atoms with van der Waals surface area (Å²) in [7, 11) is 1.85. The molecule has 1 saturated carbocycles. The standard InChI is InChI=1S/C14H22N4O3/c1-3-6-18-12(15)11(13(20)16-14(18)21)10(19)8-17(2)7-9-4-5-9/h9H,3-8,15H2,1-2H3,(H,16,20,21). The van der Waals surface area contributed by atoms with Crippen molar-refractivity contribution in [2.45, 2.75) is 32.7 Å². The second-order valence-corrected chi connectivity index (χ2v) is 5.73. The molecule has 1 heterocycles. The summed E-state index contributed by atoms with van der Waals surface area (Å²) in [4.78, 5) is 40.0. The summed E-state index contributed by atoms with van der Waals surface area (Å²) in [6.45, 7) is 3.24. The predicted octanol–water partition coefficient (Wildman–Crippen LogP) is 0.0533. The Kier molecular flexibility index (Phi) is 4.62. The topological polar surface area (TPSA) is 101 Å². The number of aromatic amines is 1. The zero-order valence-electron chi connectivity index (χ0n) is 12.5. The average molecular weight is 294 g/mol. The molecule has 0 bridgehead atoms. The number of H-pyrrole nitrogens is 1. The minimum Gasteiger partial charge on any atom is -0.384 e. The van der Waals surface area contributed by atoms with Crippen molar-refractivity contribution in [2.75, 3.05) is 25.9 Å². The van der Waals surface area contributed by atoms with Gasteiger partial charge >= 0.3 is 5.69 Å². The highest BCUT2D eigenvalue weighted by Gasteiger charge is 2.25. The number of rotatable bonds is 7. The number of ketones is 1. The van der Waals surface area contributed by atoms with Crippen molar-refractivity contribution in [3.05, 3.63) is 26.4 Å². The predicted molar refractivity (Wildman–Crippen MR) is 80.6 cm³/mol. The third-order valence-electron chi connectivity index (χ3n) is 3.65. The lowest BCUT2D eigenvalue weighted by atomic mass is 10.1. The number of nitrogen functional groups attached to an aromatic ring is 1. The van der Waals surface area contributed by atoms with Gasteiger partial charge in [0, 0.05) is 13.1 Å². The maximum atomic E-state index is 12.3. The fraction of sp³-hybridized carbons (Fsp3) is 0.643. The number of aromatic nitrogens is 2. The molecular formula is C14H22N4O3. The summed E-state index contributed by atoms with van der Waals surface area (Å²) >= 11 is 0. The van der Waals surface area contributed by atoms with Gasteiger partial charge in [0.05, 0.1) is 6.54 Å². The van der Waals surface area contributed by atoms with Gasteiger partial charge in [0.25, 0.3) is 5.56 Å². The van der Waals surface area contributed by atoms with Crippen LogP contribution >= 0.6 is 0 Å². The molecule has 0 unspecified atom stereocenters. The van der Waals surface area contributed by atoms with Gasteiger partial charge in [-0.15, -0.1) is 0 Å². The second-order valence-electron chi connectivity index (χ2n) is 5.73. The summed E-state index contributed by atoms with van der Waals surface area (Å²) in [6, 6.07) is 0. The van der Waals surface area contributed by atoms with Gasteiger partial charge in [-0.2, -0.15) is 0 Å². The number of likely N-dealkylation sites (N-methyl/N-ethyl adjacent to an activating group) is 1. The second kappa shape index (κ2) is 6.26. The summed E-state index contributed by atoms with van der Waals surface area (Å²) in [5, 5.41) is 0. The van der Waals surface area contributed by atoms with Crippen LogP contribution in [0.4, 0.5) is 5.82 Å². The number of nitrogens with zero attached hydrogens (tertiary/aromatic N) is 2. The minimum atomic E-state index is -0.699. The number of carbonyl (C=O) groups excluding carboxylic acids is 1. The van der Waals surface area contributed by atoms with Crippen LogP contribution < -0.4 is 17.0 Å². The number of nitrogens with two attached hydrogens (primary N) is 1. The third-order valence-corrected chi connectivity index (χ3v) is 3.65. The van der Waals surface area contributed by atoms with Gasteiger partial charge in [-0.1, -0.05) is 6.92 Å². The molecule has 0 saturated heterocycles. The summed E-state index contributed by atoms with van der Waals surface area (Å²) < 4.78 is 1.25. The molecule has 0 aromatic carbocycles. The van der Waals surface area contributed by atoms with Gasteiger partial charge in [-0.3, -0.25) is 24.0 Å². The first kappa shape index (κ1) is 15.5. The molecule has 1 aliphatic rings. The van der Waals surface area contributed by atoms with Crippen LogP contribution in [-0.2, 0) is 6.54 Å². The van der Waals surface area contributed by atoms with E-state index in [0.717, 1.165) is 6.54 Å². The van der Waals surface area contributed by atoms with Crippen LogP contribution in [-0.4, -0.2) is 40.4 Å². The Morgan fingerprint density at radius 2 is 2.10 bits per heavy atom. The van der Waals surface area contributed by atoms with E-state index in [-0.39, 0.29) is 23.7 Å². The summed E-state index contributed by atoms with van der Waals surface area (Å²) in [5.74, 6) is 0.282. The fourth-order valence-corrected chi connectivity index (χ4v) is 2.43. The van der Waals surface area contributed by atoms with E-state index in [1.165, 1.54) is 17.4 Å². The molecule has 21 heavy (non-hydrogen) atoms. The van der Waals surface area contributed by atoms with Gasteiger partial charge in [0.2, 0.25) is 0 Å². The van der Waals surface area contributed by atoms with Crippen LogP contribution in [0.25, 0.3) is 0 Å². The van der Waals surface area contributed by atoms with Crippen LogP contribution in [0.5, 0.6) is 0 Å². The van der Waals surface area contributed by atoms with Crippen LogP contribution in [0, 0.1) is 5.92 Å². The largest absolute Gasteiger partial charge is 0.384 e. The monoisotopic (exact) mass is 294 g/mol. The van der Waals surface area contributed by atoms with Gasteiger partial charge in [0.1, 0.15) is 11.4 Å². The van der Waals surface area contributed by atoms with E-state index in [1.54, 1.807) is 0 Å². The maximum absolute atomic E-state index is 12.3. The van der Waals surface area contributed by atoms with Crippen LogP contribution in [0.1, 0.15) is 36.5 Å². The summed E-state index contributed by atoms with van der Waals surface area (Å²) in [6.07, 6.45) is 3.08. The minimum absolute atomic E-state index is 0.0320. The maximum Gasteiger partial charge on any atom is 0.329 e. The number of hydrogen-bond acceptors (Lipinski definition) is 5. The first-order valence-electron chi connectivity index (χ1n) is 7.28. The van der Waals surface area contributed by atoms with Crippen molar-refractivity contribution in [1.29, 1.82) is 0 Å². The highest BCUT2D eigenvalue weighted by Crippen LogP contribution is 2.29. The van der Waals surface area contributed by atoms with Gasteiger partial charge in [-0.25, -0.2) is 4.79 Å². The molecule has 1 aromatic rings. The lowest BCUT2D eigenvalue weighted by Gasteiger charge is -2.16. The zero-order chi connectivity index (χ0) is 15.6. The quantitative estimate of drug-likeness (QED) is 0.692. The molecule has 1 aromatic heterocycles. The number of nitrogens with one attached hydrogen (secondary N) is 1. The van der Waals surface area contributed by atoms with Crippen molar-refractivity contribution in [3.63, 3.8) is 0 Å². The van der Waals surface area contributed by atoms with Crippen molar-refractivity contribution >= 4 is 11.6 Å².